The molecule has 2 nitrogen and oxygen atoms in total. The quantitative estimate of drug-likeness (QED) is 0.591. The van der Waals surface area contributed by atoms with Gasteiger partial charge < -0.3 is 11.1 Å². The van der Waals surface area contributed by atoms with Crippen LogP contribution in [0.2, 0.25) is 0 Å². The second kappa shape index (κ2) is 7.24. The summed E-state index contributed by atoms with van der Waals surface area (Å²) in [6, 6.07) is 0.632. The van der Waals surface area contributed by atoms with Gasteiger partial charge in [0.2, 0.25) is 0 Å². The zero-order valence-corrected chi connectivity index (χ0v) is 10.4. The average Bonchev–Trinajstić information content (AvgIpc) is 2.16. The molecule has 1 atom stereocenters. The molecular weight excluding hydrogens is 172 g/mol. The summed E-state index contributed by atoms with van der Waals surface area (Å²) in [6.07, 6.45) is 5.29. The first-order valence-corrected chi connectivity index (χ1v) is 5.95. The first-order chi connectivity index (χ1) is 6.52. The maximum absolute atomic E-state index is 5.67. The van der Waals surface area contributed by atoms with Crippen LogP contribution in [0.15, 0.2) is 0 Å². The largest absolute Gasteiger partial charge is 0.330 e. The molecule has 0 aromatic heterocycles. The topological polar surface area (TPSA) is 38.0 Å². The molecule has 0 saturated heterocycles. The molecule has 0 aromatic carbocycles. The van der Waals surface area contributed by atoms with Gasteiger partial charge in [0.05, 0.1) is 0 Å². The minimum Gasteiger partial charge on any atom is -0.330 e. The zero-order chi connectivity index (χ0) is 11.0. The van der Waals surface area contributed by atoms with Crippen LogP contribution in [0.4, 0.5) is 0 Å². The lowest BCUT2D eigenvalue weighted by Crippen LogP contribution is -2.39. The Kier molecular flexibility index (Phi) is 7.20. The first kappa shape index (κ1) is 13.9. The summed E-state index contributed by atoms with van der Waals surface area (Å²) in [5.74, 6) is 0. The number of unbranched alkanes of at least 4 members (excludes halogenated alkanes) is 2. The Morgan fingerprint density at radius 1 is 1.29 bits per heavy atom. The predicted octanol–water partition coefficient (Wildman–Crippen LogP) is 2.53. The molecule has 0 radical (unpaired) electrons. The third-order valence-electron chi connectivity index (χ3n) is 2.72. The molecule has 1 unspecified atom stereocenters. The van der Waals surface area contributed by atoms with E-state index in [1.54, 1.807) is 0 Å². The van der Waals surface area contributed by atoms with E-state index in [1.165, 1.54) is 25.7 Å². The highest BCUT2D eigenvalue weighted by atomic mass is 14.9. The predicted molar refractivity (Wildman–Crippen MR) is 64.4 cm³/mol. The molecule has 86 valence electrons. The summed E-state index contributed by atoms with van der Waals surface area (Å²) in [7, 11) is 0. The van der Waals surface area contributed by atoms with Crippen molar-refractivity contribution in [2.24, 2.45) is 11.1 Å². The Labute approximate surface area is 89.6 Å². The van der Waals surface area contributed by atoms with Crippen LogP contribution in [0.3, 0.4) is 0 Å². The van der Waals surface area contributed by atoms with Crippen molar-refractivity contribution < 1.29 is 0 Å². The number of hydrogen-bond donors (Lipinski definition) is 2. The minimum atomic E-state index is 0.235. The fourth-order valence-corrected chi connectivity index (χ4v) is 1.33. The SMILES string of the molecule is CCCCCC(C)NCC(C)(C)CN. The molecule has 0 amide bonds. The van der Waals surface area contributed by atoms with E-state index < -0.39 is 0 Å². The standard InChI is InChI=1S/C12H28N2/c1-5-6-7-8-11(2)14-10-12(3,4)9-13/h11,14H,5-10,13H2,1-4H3. The van der Waals surface area contributed by atoms with Crippen LogP contribution in [0.5, 0.6) is 0 Å². The Morgan fingerprint density at radius 2 is 1.93 bits per heavy atom. The van der Waals surface area contributed by atoms with Crippen molar-refractivity contribution >= 4 is 0 Å². The van der Waals surface area contributed by atoms with E-state index in [2.05, 4.69) is 33.0 Å². The van der Waals surface area contributed by atoms with Crippen molar-refractivity contribution in [3.8, 4) is 0 Å². The maximum atomic E-state index is 5.67. The molecule has 0 aliphatic heterocycles. The van der Waals surface area contributed by atoms with Crippen LogP contribution < -0.4 is 11.1 Å². The summed E-state index contributed by atoms with van der Waals surface area (Å²) in [6.45, 7) is 10.7. The van der Waals surface area contributed by atoms with Gasteiger partial charge in [0.1, 0.15) is 0 Å². The monoisotopic (exact) mass is 200 g/mol. The van der Waals surface area contributed by atoms with E-state index in [0.717, 1.165) is 13.1 Å². The maximum Gasteiger partial charge on any atom is 0.00389 e. The molecule has 0 rings (SSSR count). The zero-order valence-electron chi connectivity index (χ0n) is 10.4. The van der Waals surface area contributed by atoms with Gasteiger partial charge in [0.15, 0.2) is 0 Å². The summed E-state index contributed by atoms with van der Waals surface area (Å²) < 4.78 is 0. The van der Waals surface area contributed by atoms with E-state index in [1.807, 2.05) is 0 Å². The fourth-order valence-electron chi connectivity index (χ4n) is 1.33. The van der Waals surface area contributed by atoms with Gasteiger partial charge in [-0.05, 0) is 25.3 Å². The molecule has 0 aliphatic carbocycles. The Balaban J connectivity index is 3.48. The molecular formula is C12H28N2. The third kappa shape index (κ3) is 7.34. The minimum absolute atomic E-state index is 0.235. The second-order valence-corrected chi connectivity index (χ2v) is 5.15. The van der Waals surface area contributed by atoms with E-state index in [9.17, 15) is 0 Å². The lowest BCUT2D eigenvalue weighted by molar-refractivity contribution is 0.326. The van der Waals surface area contributed by atoms with Crippen molar-refractivity contribution in [2.75, 3.05) is 13.1 Å². The van der Waals surface area contributed by atoms with Crippen LogP contribution in [-0.4, -0.2) is 19.1 Å². The number of nitrogens with one attached hydrogen (secondary N) is 1. The van der Waals surface area contributed by atoms with Crippen molar-refractivity contribution in [2.45, 2.75) is 59.4 Å². The number of nitrogens with two attached hydrogens (primary N) is 1. The molecule has 0 heterocycles. The fraction of sp³-hybridized carbons (Fsp3) is 1.00. The molecule has 0 aromatic rings. The van der Waals surface area contributed by atoms with Gasteiger partial charge in [-0.3, -0.25) is 0 Å². The molecule has 3 N–H and O–H groups in total. The molecule has 0 fully saturated rings. The van der Waals surface area contributed by atoms with Gasteiger partial charge in [-0.15, -0.1) is 0 Å². The van der Waals surface area contributed by atoms with E-state index in [0.29, 0.717) is 6.04 Å². The molecule has 14 heavy (non-hydrogen) atoms. The normalized spacial score (nSPS) is 14.4. The highest BCUT2D eigenvalue weighted by molar-refractivity contribution is 4.74. The van der Waals surface area contributed by atoms with Crippen molar-refractivity contribution in [3.05, 3.63) is 0 Å². The van der Waals surface area contributed by atoms with Crippen molar-refractivity contribution in [1.29, 1.82) is 0 Å². The van der Waals surface area contributed by atoms with E-state index in [-0.39, 0.29) is 5.41 Å². The van der Waals surface area contributed by atoms with Crippen molar-refractivity contribution in [1.82, 2.24) is 5.32 Å². The smallest absolute Gasteiger partial charge is 0.00389 e. The number of hydrogen-bond acceptors (Lipinski definition) is 2. The Morgan fingerprint density at radius 3 is 2.43 bits per heavy atom. The van der Waals surface area contributed by atoms with E-state index >= 15 is 0 Å². The Hall–Kier alpha value is -0.0800. The number of rotatable bonds is 8. The Bertz CT molecular complexity index is 132. The van der Waals surface area contributed by atoms with Crippen LogP contribution in [0, 0.1) is 5.41 Å². The van der Waals surface area contributed by atoms with Crippen LogP contribution in [0.1, 0.15) is 53.4 Å². The molecule has 0 saturated carbocycles. The van der Waals surface area contributed by atoms with E-state index in [4.69, 9.17) is 5.73 Å². The van der Waals surface area contributed by atoms with Crippen LogP contribution >= 0.6 is 0 Å². The first-order valence-electron chi connectivity index (χ1n) is 5.95. The molecule has 0 bridgehead atoms. The highest BCUT2D eigenvalue weighted by Crippen LogP contribution is 2.11. The summed E-state index contributed by atoms with van der Waals surface area (Å²) in [5.41, 5.74) is 5.91. The summed E-state index contributed by atoms with van der Waals surface area (Å²) in [4.78, 5) is 0. The second-order valence-electron chi connectivity index (χ2n) is 5.15. The van der Waals surface area contributed by atoms with Gasteiger partial charge in [-0.2, -0.15) is 0 Å². The average molecular weight is 200 g/mol. The van der Waals surface area contributed by atoms with Crippen LogP contribution in [-0.2, 0) is 0 Å². The molecule has 2 heteroatoms. The summed E-state index contributed by atoms with van der Waals surface area (Å²) >= 11 is 0. The molecule has 0 aliphatic rings. The van der Waals surface area contributed by atoms with Crippen molar-refractivity contribution in [3.63, 3.8) is 0 Å². The van der Waals surface area contributed by atoms with Crippen LogP contribution in [0.25, 0.3) is 0 Å². The van der Waals surface area contributed by atoms with Gasteiger partial charge >= 0.3 is 0 Å². The summed E-state index contributed by atoms with van der Waals surface area (Å²) in [5, 5.41) is 3.55. The van der Waals surface area contributed by atoms with Gasteiger partial charge in [-0.25, -0.2) is 0 Å². The van der Waals surface area contributed by atoms with Gasteiger partial charge in [0, 0.05) is 12.6 Å². The third-order valence-corrected chi connectivity index (χ3v) is 2.72. The molecule has 0 spiro atoms. The van der Waals surface area contributed by atoms with Gasteiger partial charge in [-0.1, -0.05) is 40.0 Å². The lowest BCUT2D eigenvalue weighted by Gasteiger charge is -2.25. The lowest BCUT2D eigenvalue weighted by atomic mass is 9.93. The highest BCUT2D eigenvalue weighted by Gasteiger charge is 2.15. The van der Waals surface area contributed by atoms with Gasteiger partial charge in [0.25, 0.3) is 0 Å².